The van der Waals surface area contributed by atoms with Crippen molar-refractivity contribution >= 4 is 17.3 Å². The van der Waals surface area contributed by atoms with Crippen LogP contribution in [0.1, 0.15) is 31.7 Å². The highest BCUT2D eigenvalue weighted by Gasteiger charge is 2.36. The van der Waals surface area contributed by atoms with Gasteiger partial charge in [-0.1, -0.05) is 24.9 Å². The van der Waals surface area contributed by atoms with E-state index in [4.69, 9.17) is 16.9 Å². The van der Waals surface area contributed by atoms with Crippen molar-refractivity contribution in [3.05, 3.63) is 28.8 Å². The molecule has 2 nitrogen and oxygen atoms in total. The highest BCUT2D eigenvalue weighted by molar-refractivity contribution is 6.30. The van der Waals surface area contributed by atoms with Crippen molar-refractivity contribution in [2.24, 2.45) is 5.92 Å². The Kier molecular flexibility index (Phi) is 3.36. The highest BCUT2D eigenvalue weighted by atomic mass is 35.5. The molecule has 2 atom stereocenters. The van der Waals surface area contributed by atoms with Gasteiger partial charge in [-0.3, -0.25) is 0 Å². The molecule has 0 radical (unpaired) electrons. The molecule has 2 rings (SSSR count). The van der Waals surface area contributed by atoms with Gasteiger partial charge in [0, 0.05) is 11.1 Å². The number of halogens is 1. The van der Waals surface area contributed by atoms with Gasteiger partial charge in [-0.15, -0.1) is 0 Å². The Hall–Kier alpha value is -1.20. The van der Waals surface area contributed by atoms with Gasteiger partial charge >= 0.3 is 0 Å². The SMILES string of the molecule is CCCC1CC1Nc1ccc(Cl)cc1C#N. The van der Waals surface area contributed by atoms with Crippen LogP contribution in [-0.4, -0.2) is 6.04 Å². The number of benzene rings is 1. The minimum absolute atomic E-state index is 0.549. The fourth-order valence-corrected chi connectivity index (χ4v) is 2.22. The summed E-state index contributed by atoms with van der Waals surface area (Å²) in [5.41, 5.74) is 1.55. The third kappa shape index (κ3) is 2.48. The Morgan fingerprint density at radius 1 is 1.56 bits per heavy atom. The van der Waals surface area contributed by atoms with Crippen LogP contribution in [0.25, 0.3) is 0 Å². The second kappa shape index (κ2) is 4.76. The van der Waals surface area contributed by atoms with Crippen molar-refractivity contribution in [1.29, 1.82) is 5.26 Å². The Morgan fingerprint density at radius 2 is 2.38 bits per heavy atom. The fraction of sp³-hybridized carbons (Fsp3) is 0.462. The molecular formula is C13H15ClN2. The molecule has 0 aliphatic heterocycles. The molecule has 1 N–H and O–H groups in total. The zero-order valence-electron chi connectivity index (χ0n) is 9.33. The summed E-state index contributed by atoms with van der Waals surface area (Å²) in [5.74, 6) is 0.784. The smallest absolute Gasteiger partial charge is 0.101 e. The maximum Gasteiger partial charge on any atom is 0.101 e. The first kappa shape index (κ1) is 11.3. The van der Waals surface area contributed by atoms with Crippen LogP contribution in [0, 0.1) is 17.2 Å². The summed E-state index contributed by atoms with van der Waals surface area (Å²) >= 11 is 5.85. The van der Waals surface area contributed by atoms with Crippen molar-refractivity contribution < 1.29 is 0 Å². The lowest BCUT2D eigenvalue weighted by Crippen LogP contribution is -2.06. The molecule has 0 spiro atoms. The zero-order chi connectivity index (χ0) is 11.5. The topological polar surface area (TPSA) is 35.8 Å². The van der Waals surface area contributed by atoms with Crippen LogP contribution in [0.3, 0.4) is 0 Å². The average Bonchev–Trinajstić information content (AvgIpc) is 3.00. The van der Waals surface area contributed by atoms with Gasteiger partial charge < -0.3 is 5.32 Å². The average molecular weight is 235 g/mol. The molecule has 16 heavy (non-hydrogen) atoms. The first-order chi connectivity index (χ1) is 7.74. The van der Waals surface area contributed by atoms with Crippen molar-refractivity contribution in [2.45, 2.75) is 32.2 Å². The number of hydrogen-bond acceptors (Lipinski definition) is 2. The van der Waals surface area contributed by atoms with E-state index in [1.165, 1.54) is 19.3 Å². The second-order valence-electron chi connectivity index (χ2n) is 4.34. The Bertz CT molecular complexity index is 422. The fourth-order valence-electron chi connectivity index (χ4n) is 2.05. The predicted molar refractivity (Wildman–Crippen MR) is 66.6 cm³/mol. The number of nitrogens with one attached hydrogen (secondary N) is 1. The van der Waals surface area contributed by atoms with E-state index in [9.17, 15) is 0 Å². The summed E-state index contributed by atoms with van der Waals surface area (Å²) in [6, 6.07) is 8.14. The van der Waals surface area contributed by atoms with E-state index < -0.39 is 0 Å². The molecule has 84 valence electrons. The molecule has 1 aliphatic rings. The van der Waals surface area contributed by atoms with E-state index in [1.807, 2.05) is 12.1 Å². The van der Waals surface area contributed by atoms with E-state index in [0.29, 0.717) is 16.6 Å². The largest absolute Gasteiger partial charge is 0.381 e. The van der Waals surface area contributed by atoms with Gasteiger partial charge in [0.15, 0.2) is 0 Å². The molecule has 3 heteroatoms. The summed E-state index contributed by atoms with van der Waals surface area (Å²) in [4.78, 5) is 0. The van der Waals surface area contributed by atoms with Crippen LogP contribution in [-0.2, 0) is 0 Å². The first-order valence-corrected chi connectivity index (χ1v) is 6.08. The van der Waals surface area contributed by atoms with Gasteiger partial charge in [-0.25, -0.2) is 0 Å². The van der Waals surface area contributed by atoms with Gasteiger partial charge in [-0.05, 0) is 37.0 Å². The third-order valence-electron chi connectivity index (χ3n) is 3.03. The van der Waals surface area contributed by atoms with Gasteiger partial charge in [-0.2, -0.15) is 5.26 Å². The maximum absolute atomic E-state index is 9.00. The summed E-state index contributed by atoms with van der Waals surface area (Å²) in [6.07, 6.45) is 3.73. The Morgan fingerprint density at radius 3 is 3.06 bits per heavy atom. The van der Waals surface area contributed by atoms with Gasteiger partial charge in [0.1, 0.15) is 6.07 Å². The lowest BCUT2D eigenvalue weighted by Gasteiger charge is -2.07. The van der Waals surface area contributed by atoms with E-state index >= 15 is 0 Å². The molecule has 0 aromatic heterocycles. The molecule has 0 heterocycles. The third-order valence-corrected chi connectivity index (χ3v) is 3.26. The van der Waals surface area contributed by atoms with Gasteiger partial charge in [0.2, 0.25) is 0 Å². The van der Waals surface area contributed by atoms with E-state index in [0.717, 1.165) is 11.6 Å². The second-order valence-corrected chi connectivity index (χ2v) is 4.77. The van der Waals surface area contributed by atoms with Crippen LogP contribution in [0.2, 0.25) is 5.02 Å². The normalized spacial score (nSPS) is 22.6. The van der Waals surface area contributed by atoms with E-state index in [2.05, 4.69) is 18.3 Å². The van der Waals surface area contributed by atoms with Crippen LogP contribution >= 0.6 is 11.6 Å². The zero-order valence-corrected chi connectivity index (χ0v) is 10.1. The van der Waals surface area contributed by atoms with Crippen LogP contribution in [0.15, 0.2) is 18.2 Å². The molecule has 1 aromatic rings. The number of nitriles is 1. The summed E-state index contributed by atoms with van der Waals surface area (Å²) in [6.45, 7) is 2.21. The molecule has 0 saturated heterocycles. The van der Waals surface area contributed by atoms with Crippen molar-refractivity contribution in [1.82, 2.24) is 0 Å². The quantitative estimate of drug-likeness (QED) is 0.860. The molecule has 1 saturated carbocycles. The van der Waals surface area contributed by atoms with Crippen molar-refractivity contribution in [2.75, 3.05) is 5.32 Å². The predicted octanol–water partition coefficient (Wildman–Crippen LogP) is 3.81. The van der Waals surface area contributed by atoms with Crippen molar-refractivity contribution in [3.8, 4) is 6.07 Å². The number of nitrogens with zero attached hydrogens (tertiary/aromatic N) is 1. The number of anilines is 1. The highest BCUT2D eigenvalue weighted by Crippen LogP contribution is 2.38. The Labute approximate surface area is 101 Å². The van der Waals surface area contributed by atoms with Crippen LogP contribution in [0.4, 0.5) is 5.69 Å². The Balaban J connectivity index is 2.03. The molecule has 1 fully saturated rings. The molecule has 1 aromatic carbocycles. The summed E-state index contributed by atoms with van der Waals surface area (Å²) in [5, 5.41) is 13.0. The van der Waals surface area contributed by atoms with Crippen LogP contribution < -0.4 is 5.32 Å². The van der Waals surface area contributed by atoms with Crippen molar-refractivity contribution in [3.63, 3.8) is 0 Å². The summed E-state index contributed by atoms with van der Waals surface area (Å²) in [7, 11) is 0. The lowest BCUT2D eigenvalue weighted by molar-refractivity contribution is 0.693. The van der Waals surface area contributed by atoms with Gasteiger partial charge in [0.25, 0.3) is 0 Å². The summed E-state index contributed by atoms with van der Waals surface area (Å²) < 4.78 is 0. The molecule has 0 bridgehead atoms. The first-order valence-electron chi connectivity index (χ1n) is 5.70. The molecular weight excluding hydrogens is 220 g/mol. The molecule has 1 aliphatic carbocycles. The monoisotopic (exact) mass is 234 g/mol. The molecule has 2 unspecified atom stereocenters. The van der Waals surface area contributed by atoms with Gasteiger partial charge in [0.05, 0.1) is 11.3 Å². The minimum Gasteiger partial charge on any atom is -0.381 e. The standard InChI is InChI=1S/C13H15ClN2/c1-2-3-9-7-13(9)16-12-5-4-11(14)6-10(12)8-15/h4-6,9,13,16H,2-3,7H2,1H3. The maximum atomic E-state index is 9.00. The number of rotatable bonds is 4. The minimum atomic E-state index is 0.549. The van der Waals surface area contributed by atoms with E-state index in [1.54, 1.807) is 6.07 Å². The number of hydrogen-bond donors (Lipinski definition) is 1. The molecule has 0 amide bonds. The van der Waals surface area contributed by atoms with Crippen LogP contribution in [0.5, 0.6) is 0 Å². The lowest BCUT2D eigenvalue weighted by atomic mass is 10.2. The van der Waals surface area contributed by atoms with E-state index in [-0.39, 0.29) is 0 Å².